The predicted octanol–water partition coefficient (Wildman–Crippen LogP) is 6.11. The molecule has 0 radical (unpaired) electrons. The van der Waals surface area contributed by atoms with Crippen LogP contribution in [-0.4, -0.2) is 42.2 Å². The van der Waals surface area contributed by atoms with Crippen LogP contribution in [0.25, 0.3) is 0 Å². The van der Waals surface area contributed by atoms with E-state index in [1.165, 1.54) is 0 Å². The summed E-state index contributed by atoms with van der Waals surface area (Å²) in [7, 11) is 0. The van der Waals surface area contributed by atoms with Gasteiger partial charge in [-0.15, -0.1) is 0 Å². The maximum atomic E-state index is 13.1. The summed E-state index contributed by atoms with van der Waals surface area (Å²) in [6.45, 7) is 0. The van der Waals surface area contributed by atoms with Crippen molar-refractivity contribution in [1.29, 1.82) is 0 Å². The van der Waals surface area contributed by atoms with Gasteiger partial charge in [-0.25, -0.2) is 13.2 Å². The number of halogens is 16. The molecule has 0 fully saturated rings. The van der Waals surface area contributed by atoms with Crippen LogP contribution in [0.1, 0.15) is 0 Å². The van der Waals surface area contributed by atoms with Gasteiger partial charge in [0, 0.05) is 0 Å². The molecule has 0 aromatic heterocycles. The molecular formula is C9H2ClF15. The van der Waals surface area contributed by atoms with Crippen LogP contribution in [-0.2, 0) is 0 Å². The van der Waals surface area contributed by atoms with Crippen molar-refractivity contribution in [2.45, 2.75) is 42.2 Å². The minimum Gasteiger partial charge on any atom is -0.234 e. The molecule has 0 saturated carbocycles. The topological polar surface area (TPSA) is 0 Å². The molecule has 0 aromatic rings. The molecule has 0 N–H and O–H groups in total. The Hall–Kier alpha value is -1.02. The van der Waals surface area contributed by atoms with Crippen molar-refractivity contribution in [2.75, 3.05) is 0 Å². The lowest BCUT2D eigenvalue weighted by atomic mass is 9.88. The molecule has 2 unspecified atom stereocenters. The number of hydrogen-bond acceptors (Lipinski definition) is 0. The van der Waals surface area contributed by atoms with Gasteiger partial charge in [-0.2, -0.15) is 52.7 Å². The fourth-order valence-electron chi connectivity index (χ4n) is 1.35. The lowest BCUT2D eigenvalue weighted by Crippen LogP contribution is -2.70. The lowest BCUT2D eigenvalue weighted by Gasteiger charge is -2.39. The fraction of sp³-hybridized carbons (Fsp3) is 0.778. The Morgan fingerprint density at radius 1 is 0.680 bits per heavy atom. The largest absolute Gasteiger partial charge is 0.437 e. The Kier molecular flexibility index (Phi) is 6.34. The van der Waals surface area contributed by atoms with Gasteiger partial charge in [-0.3, -0.25) is 0 Å². The molecule has 0 saturated heterocycles. The highest BCUT2D eigenvalue weighted by atomic mass is 35.5. The zero-order chi connectivity index (χ0) is 20.8. The Balaban J connectivity index is 6.36. The van der Waals surface area contributed by atoms with Crippen LogP contribution in [0.2, 0.25) is 0 Å². The van der Waals surface area contributed by atoms with E-state index in [-0.39, 0.29) is 0 Å². The molecule has 0 spiro atoms. The molecule has 0 aliphatic carbocycles. The zero-order valence-electron chi connectivity index (χ0n) is 10.7. The molecule has 0 aromatic carbocycles. The molecule has 0 bridgehead atoms. The molecular weight excluding hydrogens is 429 g/mol. The van der Waals surface area contributed by atoms with Crippen molar-refractivity contribution in [3.63, 3.8) is 0 Å². The smallest absolute Gasteiger partial charge is 0.234 e. The van der Waals surface area contributed by atoms with E-state index in [2.05, 4.69) is 11.6 Å². The van der Waals surface area contributed by atoms with Gasteiger partial charge in [0.15, 0.2) is 0 Å². The van der Waals surface area contributed by atoms with Crippen molar-refractivity contribution >= 4 is 11.6 Å². The molecule has 150 valence electrons. The maximum Gasteiger partial charge on any atom is 0.437 e. The van der Waals surface area contributed by atoms with Gasteiger partial charge >= 0.3 is 29.9 Å². The Bertz CT molecular complexity index is 496. The Morgan fingerprint density at radius 3 is 1.24 bits per heavy atom. The monoisotopic (exact) mass is 430 g/mol. The van der Waals surface area contributed by atoms with Crippen molar-refractivity contribution in [2.24, 2.45) is 0 Å². The summed E-state index contributed by atoms with van der Waals surface area (Å²) >= 11 is 4.16. The molecule has 0 nitrogen and oxygen atoms in total. The van der Waals surface area contributed by atoms with Crippen LogP contribution in [0.3, 0.4) is 0 Å². The van der Waals surface area contributed by atoms with Gasteiger partial charge in [0.1, 0.15) is 5.03 Å². The van der Waals surface area contributed by atoms with E-state index in [4.69, 9.17) is 0 Å². The van der Waals surface area contributed by atoms with E-state index in [9.17, 15) is 65.9 Å². The third-order valence-electron chi connectivity index (χ3n) is 2.64. The first-order valence-corrected chi connectivity index (χ1v) is 5.61. The summed E-state index contributed by atoms with van der Waals surface area (Å²) in [5.74, 6) is -14.4. The molecule has 16 heteroatoms. The first-order chi connectivity index (χ1) is 10.7. The van der Waals surface area contributed by atoms with Crippen molar-refractivity contribution in [3.8, 4) is 0 Å². The normalized spacial score (nSPS) is 17.3. The second-order valence-electron chi connectivity index (χ2n) is 4.28. The third-order valence-corrected chi connectivity index (χ3v) is 2.97. The van der Waals surface area contributed by atoms with Crippen LogP contribution in [0.4, 0.5) is 65.9 Å². The highest BCUT2D eigenvalue weighted by Crippen LogP contribution is 2.58. The summed E-state index contributed by atoms with van der Waals surface area (Å²) in [6.07, 6.45) is -30.1. The van der Waals surface area contributed by atoms with Gasteiger partial charge in [-0.1, -0.05) is 11.6 Å². The van der Waals surface area contributed by atoms with Crippen molar-refractivity contribution < 1.29 is 65.9 Å². The van der Waals surface area contributed by atoms with E-state index in [1.807, 2.05) is 0 Å². The maximum absolute atomic E-state index is 13.1. The average molecular weight is 431 g/mol. The van der Waals surface area contributed by atoms with Crippen LogP contribution >= 0.6 is 11.6 Å². The van der Waals surface area contributed by atoms with Crippen molar-refractivity contribution in [1.82, 2.24) is 0 Å². The predicted molar refractivity (Wildman–Crippen MR) is 50.7 cm³/mol. The van der Waals surface area contributed by atoms with E-state index >= 15 is 0 Å². The number of rotatable bonds is 5. The first-order valence-electron chi connectivity index (χ1n) is 5.24. The number of hydrogen-bond donors (Lipinski definition) is 0. The van der Waals surface area contributed by atoms with Crippen LogP contribution in [0.5, 0.6) is 0 Å². The molecule has 0 aliphatic heterocycles. The molecule has 0 amide bonds. The summed E-state index contributed by atoms with van der Waals surface area (Å²) in [6, 6.07) is 0. The average Bonchev–Trinajstić information content (AvgIpc) is 2.40. The van der Waals surface area contributed by atoms with Crippen LogP contribution < -0.4 is 0 Å². The van der Waals surface area contributed by atoms with E-state index < -0.39 is 53.3 Å². The fourth-order valence-corrected chi connectivity index (χ4v) is 1.49. The summed E-state index contributed by atoms with van der Waals surface area (Å²) in [5, 5.41) is -2.98. The van der Waals surface area contributed by atoms with E-state index in [0.29, 0.717) is 0 Å². The van der Waals surface area contributed by atoms with Crippen LogP contribution in [0.15, 0.2) is 11.1 Å². The Labute approximate surface area is 132 Å². The second-order valence-corrected chi connectivity index (χ2v) is 4.69. The molecule has 2 atom stereocenters. The SMILES string of the molecule is FC(F)=C(Cl)C(F)C(F)(F)C(F)C(F)(F)C(F)(C(F)(F)F)C(F)(F)F. The van der Waals surface area contributed by atoms with E-state index in [0.717, 1.165) is 0 Å². The Morgan fingerprint density at radius 2 is 1.00 bits per heavy atom. The van der Waals surface area contributed by atoms with Crippen LogP contribution in [0, 0.1) is 0 Å². The van der Waals surface area contributed by atoms with Gasteiger partial charge in [-0.05, 0) is 0 Å². The van der Waals surface area contributed by atoms with Crippen molar-refractivity contribution in [3.05, 3.63) is 11.1 Å². The van der Waals surface area contributed by atoms with Gasteiger partial charge in [0.2, 0.25) is 12.3 Å². The quantitative estimate of drug-likeness (QED) is 0.462. The molecule has 0 heterocycles. The summed E-state index contributed by atoms with van der Waals surface area (Å²) in [4.78, 5) is 0. The second kappa shape index (κ2) is 6.61. The van der Waals surface area contributed by atoms with Gasteiger partial charge < -0.3 is 0 Å². The first kappa shape index (κ1) is 24.0. The summed E-state index contributed by atoms with van der Waals surface area (Å²) in [5.41, 5.74) is -7.89. The van der Waals surface area contributed by atoms with E-state index in [1.54, 1.807) is 0 Å². The molecule has 0 rings (SSSR count). The standard InChI is InChI=1S/C9H2ClF15/c10-1(3(12)13)2(11)5(15,16)4(14)6(17,18)7(19,8(20,21)22)9(23,24)25/h2,4H. The minimum atomic E-state index is -7.89. The summed E-state index contributed by atoms with van der Waals surface area (Å²) < 4.78 is 188. The zero-order valence-corrected chi connectivity index (χ0v) is 11.5. The third kappa shape index (κ3) is 3.74. The lowest BCUT2D eigenvalue weighted by molar-refractivity contribution is -0.413. The minimum absolute atomic E-state index is 2.98. The van der Waals surface area contributed by atoms with Gasteiger partial charge in [0.25, 0.3) is 6.08 Å². The number of allylic oxidation sites excluding steroid dienone is 1. The molecule has 25 heavy (non-hydrogen) atoms. The highest BCUT2D eigenvalue weighted by Gasteiger charge is 2.88. The molecule has 0 aliphatic rings. The van der Waals surface area contributed by atoms with Gasteiger partial charge in [0.05, 0.1) is 0 Å². The highest BCUT2D eigenvalue weighted by molar-refractivity contribution is 6.30. The number of alkyl halides is 13.